The van der Waals surface area contributed by atoms with Crippen LogP contribution < -0.4 is 16.0 Å². The smallest absolute Gasteiger partial charge is 0.255 e. The molecule has 0 bridgehead atoms. The number of rotatable bonds is 11. The largest absolute Gasteiger partial charge is 0.396 e. The number of hydrogen-bond acceptors (Lipinski definition) is 6. The minimum atomic E-state index is -0.606. The Morgan fingerprint density at radius 3 is 2.57 bits per heavy atom. The number of nitrogens with zero attached hydrogens (tertiary/aromatic N) is 2. The fraction of sp³-hybridized carbons (Fsp3) is 0.591. The maximum absolute atomic E-state index is 13.1. The van der Waals surface area contributed by atoms with E-state index in [4.69, 9.17) is 10.8 Å². The first-order chi connectivity index (χ1) is 14.6. The number of amides is 3. The maximum Gasteiger partial charge on any atom is 0.255 e. The lowest BCUT2D eigenvalue weighted by molar-refractivity contribution is -0.136. The monoisotopic (exact) mass is 416 g/mol. The van der Waals surface area contributed by atoms with E-state index in [0.29, 0.717) is 25.1 Å². The molecule has 0 spiro atoms. The minimum Gasteiger partial charge on any atom is -0.396 e. The Labute approximate surface area is 177 Å². The molecular weight excluding hydrogens is 384 g/mol. The van der Waals surface area contributed by atoms with Crippen LogP contribution in [0.3, 0.4) is 0 Å². The first-order valence-electron chi connectivity index (χ1n) is 10.9. The Hall–Kier alpha value is -2.45. The fourth-order valence-corrected chi connectivity index (χ4v) is 4.26. The second kappa shape index (κ2) is 10.5. The SMILES string of the molecule is NCCCCN(CCCCCO)c1cccc2c1CN(C1CCC(=O)NC1=O)C2=O. The number of fused-ring (bicyclic) bond motifs is 1. The summed E-state index contributed by atoms with van der Waals surface area (Å²) in [7, 11) is 0. The summed E-state index contributed by atoms with van der Waals surface area (Å²) in [6.07, 6.45) is 5.19. The Bertz CT molecular complexity index is 782. The van der Waals surface area contributed by atoms with Gasteiger partial charge in [-0.25, -0.2) is 0 Å². The molecule has 0 aliphatic carbocycles. The number of nitrogens with two attached hydrogens (primary N) is 1. The summed E-state index contributed by atoms with van der Waals surface area (Å²) in [5, 5.41) is 11.4. The summed E-state index contributed by atoms with van der Waals surface area (Å²) in [5.41, 5.74) is 8.27. The number of anilines is 1. The van der Waals surface area contributed by atoms with Crippen LogP contribution in [-0.2, 0) is 16.1 Å². The van der Waals surface area contributed by atoms with Crippen LogP contribution in [0.25, 0.3) is 0 Å². The molecule has 2 aliphatic rings. The van der Waals surface area contributed by atoms with Crippen molar-refractivity contribution < 1.29 is 19.5 Å². The van der Waals surface area contributed by atoms with Crippen molar-refractivity contribution in [2.45, 2.75) is 57.5 Å². The van der Waals surface area contributed by atoms with Gasteiger partial charge in [-0.3, -0.25) is 19.7 Å². The van der Waals surface area contributed by atoms with Crippen molar-refractivity contribution in [1.82, 2.24) is 10.2 Å². The van der Waals surface area contributed by atoms with Gasteiger partial charge in [0.25, 0.3) is 5.91 Å². The Kier molecular flexibility index (Phi) is 7.81. The number of hydrogen-bond donors (Lipinski definition) is 3. The van der Waals surface area contributed by atoms with Crippen molar-refractivity contribution >= 4 is 23.4 Å². The van der Waals surface area contributed by atoms with E-state index in [2.05, 4.69) is 10.2 Å². The van der Waals surface area contributed by atoms with Gasteiger partial charge in [0.2, 0.25) is 11.8 Å². The standard InChI is InChI=1S/C22H32N4O4/c23-11-2-4-13-25(12-3-1-5-14-27)18-8-6-7-16-17(18)15-26(22(16)30)19-9-10-20(28)24-21(19)29/h6-8,19,27H,1-5,9-15,23H2,(H,24,28,29). The van der Waals surface area contributed by atoms with E-state index < -0.39 is 11.9 Å². The third-order valence-electron chi connectivity index (χ3n) is 5.87. The molecule has 1 aromatic rings. The molecule has 3 rings (SSSR count). The number of aliphatic hydroxyl groups is 1. The number of nitrogens with one attached hydrogen (secondary N) is 1. The minimum absolute atomic E-state index is 0.150. The normalized spacial score (nSPS) is 18.5. The molecule has 0 saturated carbocycles. The highest BCUT2D eigenvalue weighted by atomic mass is 16.3. The molecule has 1 atom stereocenters. The van der Waals surface area contributed by atoms with Crippen LogP contribution in [0.4, 0.5) is 5.69 Å². The number of unbranched alkanes of at least 4 members (excludes halogenated alkanes) is 3. The van der Waals surface area contributed by atoms with Crippen LogP contribution in [0.15, 0.2) is 18.2 Å². The molecule has 8 heteroatoms. The number of piperidine rings is 1. The molecule has 1 unspecified atom stereocenters. The van der Waals surface area contributed by atoms with Gasteiger partial charge in [-0.2, -0.15) is 0 Å². The molecule has 8 nitrogen and oxygen atoms in total. The lowest BCUT2D eigenvalue weighted by Gasteiger charge is -2.30. The van der Waals surface area contributed by atoms with Crippen LogP contribution in [0.1, 0.15) is 60.9 Å². The summed E-state index contributed by atoms with van der Waals surface area (Å²) < 4.78 is 0. The lowest BCUT2D eigenvalue weighted by atomic mass is 10.0. The number of benzene rings is 1. The molecule has 0 aromatic heterocycles. The number of imide groups is 1. The van der Waals surface area contributed by atoms with Crippen LogP contribution in [0.2, 0.25) is 0 Å². The van der Waals surface area contributed by atoms with E-state index in [1.807, 2.05) is 18.2 Å². The predicted molar refractivity (Wildman–Crippen MR) is 114 cm³/mol. The van der Waals surface area contributed by atoms with Gasteiger partial charge in [0.15, 0.2) is 0 Å². The average Bonchev–Trinajstić information content (AvgIpc) is 3.06. The molecule has 4 N–H and O–H groups in total. The molecule has 2 aliphatic heterocycles. The number of carbonyl (C=O) groups excluding carboxylic acids is 3. The third-order valence-corrected chi connectivity index (χ3v) is 5.87. The topological polar surface area (TPSA) is 116 Å². The van der Waals surface area contributed by atoms with Gasteiger partial charge in [0.05, 0.1) is 0 Å². The van der Waals surface area contributed by atoms with Crippen molar-refractivity contribution in [3.8, 4) is 0 Å². The second-order valence-electron chi connectivity index (χ2n) is 7.97. The van der Waals surface area contributed by atoms with E-state index in [-0.39, 0.29) is 24.8 Å². The van der Waals surface area contributed by atoms with Crippen molar-refractivity contribution in [3.63, 3.8) is 0 Å². The maximum atomic E-state index is 13.1. The Morgan fingerprint density at radius 2 is 1.87 bits per heavy atom. The van der Waals surface area contributed by atoms with Gasteiger partial charge < -0.3 is 20.6 Å². The zero-order chi connectivity index (χ0) is 21.5. The molecule has 0 radical (unpaired) electrons. The fourth-order valence-electron chi connectivity index (χ4n) is 4.26. The molecule has 30 heavy (non-hydrogen) atoms. The highest BCUT2D eigenvalue weighted by molar-refractivity contribution is 6.06. The summed E-state index contributed by atoms with van der Waals surface area (Å²) in [6.45, 7) is 2.91. The van der Waals surface area contributed by atoms with Crippen LogP contribution in [0, 0.1) is 0 Å². The molecule has 164 valence electrons. The average molecular weight is 417 g/mol. The summed E-state index contributed by atoms with van der Waals surface area (Å²) in [6, 6.07) is 5.14. The van der Waals surface area contributed by atoms with Crippen molar-refractivity contribution in [2.24, 2.45) is 5.73 Å². The van der Waals surface area contributed by atoms with Crippen molar-refractivity contribution in [3.05, 3.63) is 29.3 Å². The van der Waals surface area contributed by atoms with E-state index in [1.165, 1.54) is 0 Å². The Balaban J connectivity index is 1.79. The third kappa shape index (κ3) is 4.99. The van der Waals surface area contributed by atoms with Gasteiger partial charge in [-0.15, -0.1) is 0 Å². The van der Waals surface area contributed by atoms with Crippen molar-refractivity contribution in [1.29, 1.82) is 0 Å². The molecule has 3 amide bonds. The van der Waals surface area contributed by atoms with Gasteiger partial charge in [-0.1, -0.05) is 6.07 Å². The predicted octanol–water partition coefficient (Wildman–Crippen LogP) is 1.16. The Morgan fingerprint density at radius 1 is 1.10 bits per heavy atom. The summed E-state index contributed by atoms with van der Waals surface area (Å²) >= 11 is 0. The van der Waals surface area contributed by atoms with E-state index in [9.17, 15) is 14.4 Å². The highest BCUT2D eigenvalue weighted by Gasteiger charge is 2.40. The number of carbonyl (C=O) groups is 3. The van der Waals surface area contributed by atoms with Crippen LogP contribution >= 0.6 is 0 Å². The van der Waals surface area contributed by atoms with Gasteiger partial charge in [0.1, 0.15) is 6.04 Å². The molecular formula is C22H32N4O4. The molecule has 1 saturated heterocycles. The van der Waals surface area contributed by atoms with Crippen molar-refractivity contribution in [2.75, 3.05) is 31.1 Å². The van der Waals surface area contributed by atoms with Crippen LogP contribution in [0.5, 0.6) is 0 Å². The summed E-state index contributed by atoms with van der Waals surface area (Å²) in [4.78, 5) is 40.7. The first-order valence-corrected chi connectivity index (χ1v) is 10.9. The zero-order valence-corrected chi connectivity index (χ0v) is 17.4. The lowest BCUT2D eigenvalue weighted by Crippen LogP contribution is -2.52. The first kappa shape index (κ1) is 22.2. The quantitative estimate of drug-likeness (QED) is 0.368. The van der Waals surface area contributed by atoms with Crippen LogP contribution in [-0.4, -0.2) is 60.0 Å². The summed E-state index contributed by atoms with van der Waals surface area (Å²) in [5.74, 6) is -0.823. The van der Waals surface area contributed by atoms with Gasteiger partial charge in [0, 0.05) is 49.5 Å². The second-order valence-corrected chi connectivity index (χ2v) is 7.97. The highest BCUT2D eigenvalue weighted by Crippen LogP contribution is 2.34. The van der Waals surface area contributed by atoms with Gasteiger partial charge in [-0.05, 0) is 57.2 Å². The molecule has 1 aromatic carbocycles. The van der Waals surface area contributed by atoms with Gasteiger partial charge >= 0.3 is 0 Å². The number of aliphatic hydroxyl groups excluding tert-OH is 1. The van der Waals surface area contributed by atoms with E-state index >= 15 is 0 Å². The van der Waals surface area contributed by atoms with E-state index in [0.717, 1.165) is 56.4 Å². The molecule has 2 heterocycles. The van der Waals surface area contributed by atoms with E-state index in [1.54, 1.807) is 4.90 Å². The molecule has 1 fully saturated rings. The zero-order valence-electron chi connectivity index (χ0n) is 17.4.